The fourth-order valence-corrected chi connectivity index (χ4v) is 2.35. The summed E-state index contributed by atoms with van der Waals surface area (Å²) in [5, 5.41) is 18.4. The van der Waals surface area contributed by atoms with E-state index in [9.17, 15) is 13.9 Å². The molecule has 1 heterocycles. The molecule has 0 spiro atoms. The summed E-state index contributed by atoms with van der Waals surface area (Å²) in [4.78, 5) is 3.95. The standard InChI is InChI=1S/C17H12ClF2N3O/c18-11-6-4-10(5-7-11)15(24)8-12-9-21-17(23-22-12)16-13(19)2-1-3-14(16)20/h1-7,9,15,24H,8H2. The van der Waals surface area contributed by atoms with Gasteiger partial charge in [0.2, 0.25) is 0 Å². The zero-order valence-electron chi connectivity index (χ0n) is 12.3. The van der Waals surface area contributed by atoms with E-state index < -0.39 is 17.7 Å². The molecule has 0 aliphatic carbocycles. The van der Waals surface area contributed by atoms with Crippen LogP contribution in [-0.4, -0.2) is 20.3 Å². The highest BCUT2D eigenvalue weighted by atomic mass is 35.5. The molecule has 0 radical (unpaired) electrons. The molecule has 1 atom stereocenters. The van der Waals surface area contributed by atoms with Crippen molar-refractivity contribution in [2.75, 3.05) is 0 Å². The van der Waals surface area contributed by atoms with E-state index in [4.69, 9.17) is 11.6 Å². The van der Waals surface area contributed by atoms with E-state index in [-0.39, 0.29) is 17.8 Å². The molecule has 0 saturated heterocycles. The first-order chi connectivity index (χ1) is 11.5. The van der Waals surface area contributed by atoms with Crippen molar-refractivity contribution in [2.45, 2.75) is 12.5 Å². The van der Waals surface area contributed by atoms with Crippen LogP contribution >= 0.6 is 11.6 Å². The van der Waals surface area contributed by atoms with Gasteiger partial charge >= 0.3 is 0 Å². The van der Waals surface area contributed by atoms with Gasteiger partial charge in [-0.1, -0.05) is 29.8 Å². The quantitative estimate of drug-likeness (QED) is 0.781. The average Bonchev–Trinajstić information content (AvgIpc) is 2.57. The lowest BCUT2D eigenvalue weighted by Gasteiger charge is -2.10. The summed E-state index contributed by atoms with van der Waals surface area (Å²) in [5.41, 5.74) is 0.748. The topological polar surface area (TPSA) is 58.9 Å². The normalized spacial score (nSPS) is 12.2. The Kier molecular flexibility index (Phi) is 4.78. The molecule has 0 bridgehead atoms. The fourth-order valence-electron chi connectivity index (χ4n) is 2.22. The van der Waals surface area contributed by atoms with Gasteiger partial charge in [-0.25, -0.2) is 13.8 Å². The Hall–Kier alpha value is -2.44. The van der Waals surface area contributed by atoms with Gasteiger partial charge in [0.25, 0.3) is 0 Å². The van der Waals surface area contributed by atoms with Crippen molar-refractivity contribution in [1.82, 2.24) is 15.2 Å². The van der Waals surface area contributed by atoms with E-state index in [1.165, 1.54) is 12.3 Å². The van der Waals surface area contributed by atoms with E-state index in [2.05, 4.69) is 15.2 Å². The number of benzene rings is 2. The van der Waals surface area contributed by atoms with Crippen molar-refractivity contribution in [2.24, 2.45) is 0 Å². The van der Waals surface area contributed by atoms with Crippen molar-refractivity contribution < 1.29 is 13.9 Å². The molecule has 0 fully saturated rings. The van der Waals surface area contributed by atoms with Gasteiger partial charge in [0.05, 0.1) is 23.6 Å². The average molecular weight is 348 g/mol. The molecule has 1 unspecified atom stereocenters. The van der Waals surface area contributed by atoms with E-state index in [0.717, 1.165) is 12.1 Å². The second-order valence-corrected chi connectivity index (χ2v) is 5.58. The summed E-state index contributed by atoms with van der Waals surface area (Å²) in [6.07, 6.45) is 0.698. The van der Waals surface area contributed by atoms with Crippen LogP contribution < -0.4 is 0 Å². The van der Waals surface area contributed by atoms with Crippen molar-refractivity contribution in [3.05, 3.63) is 76.6 Å². The second-order valence-electron chi connectivity index (χ2n) is 5.14. The molecule has 0 amide bonds. The molecule has 1 aromatic heterocycles. The zero-order chi connectivity index (χ0) is 17.1. The maximum absolute atomic E-state index is 13.7. The number of hydrogen-bond acceptors (Lipinski definition) is 4. The van der Waals surface area contributed by atoms with Crippen LogP contribution in [0.25, 0.3) is 11.4 Å². The van der Waals surface area contributed by atoms with Crippen LogP contribution in [0.3, 0.4) is 0 Å². The van der Waals surface area contributed by atoms with E-state index in [1.54, 1.807) is 24.3 Å². The van der Waals surface area contributed by atoms with E-state index in [0.29, 0.717) is 16.3 Å². The number of hydrogen-bond donors (Lipinski definition) is 1. The lowest BCUT2D eigenvalue weighted by Crippen LogP contribution is -2.06. The smallest absolute Gasteiger partial charge is 0.187 e. The van der Waals surface area contributed by atoms with Gasteiger partial charge in [0.15, 0.2) is 5.82 Å². The van der Waals surface area contributed by atoms with Gasteiger partial charge in [0.1, 0.15) is 11.6 Å². The molecular formula is C17H12ClF2N3O. The molecule has 0 saturated carbocycles. The second kappa shape index (κ2) is 6.98. The summed E-state index contributed by atoms with van der Waals surface area (Å²) >= 11 is 5.80. The summed E-state index contributed by atoms with van der Waals surface area (Å²) in [5.74, 6) is -1.66. The zero-order valence-corrected chi connectivity index (χ0v) is 13.1. The SMILES string of the molecule is OC(Cc1cnc(-c2c(F)cccc2F)nn1)c1ccc(Cl)cc1. The monoisotopic (exact) mass is 347 g/mol. The minimum atomic E-state index is -0.811. The Labute approximate surface area is 141 Å². The lowest BCUT2D eigenvalue weighted by molar-refractivity contribution is 0.176. The lowest BCUT2D eigenvalue weighted by atomic mass is 10.1. The Morgan fingerprint density at radius 1 is 1.00 bits per heavy atom. The highest BCUT2D eigenvalue weighted by Gasteiger charge is 2.15. The summed E-state index contributed by atoms with van der Waals surface area (Å²) < 4.78 is 27.4. The number of rotatable bonds is 4. The van der Waals surface area contributed by atoms with Gasteiger partial charge in [-0.2, -0.15) is 5.10 Å². The van der Waals surface area contributed by atoms with Gasteiger partial charge in [-0.3, -0.25) is 0 Å². The molecule has 0 aliphatic heterocycles. The van der Waals surface area contributed by atoms with E-state index in [1.807, 2.05) is 0 Å². The van der Waals surface area contributed by atoms with Gasteiger partial charge in [-0.15, -0.1) is 5.10 Å². The minimum absolute atomic E-state index is 0.143. The molecule has 122 valence electrons. The van der Waals surface area contributed by atoms with E-state index >= 15 is 0 Å². The number of aromatic nitrogens is 3. The van der Waals surface area contributed by atoms with Crippen LogP contribution in [0.15, 0.2) is 48.7 Å². The first-order valence-corrected chi connectivity index (χ1v) is 7.49. The maximum Gasteiger partial charge on any atom is 0.187 e. The van der Waals surface area contributed by atoms with Crippen LogP contribution in [0.2, 0.25) is 5.02 Å². The third kappa shape index (κ3) is 3.55. The Morgan fingerprint density at radius 2 is 1.67 bits per heavy atom. The van der Waals surface area contributed by atoms with Crippen molar-refractivity contribution in [3.63, 3.8) is 0 Å². The number of halogens is 3. The maximum atomic E-state index is 13.7. The Morgan fingerprint density at radius 3 is 2.25 bits per heavy atom. The largest absolute Gasteiger partial charge is 0.388 e. The molecular weight excluding hydrogens is 336 g/mol. The first kappa shape index (κ1) is 16.4. The van der Waals surface area contributed by atoms with Crippen LogP contribution in [0.5, 0.6) is 0 Å². The summed E-state index contributed by atoms with van der Waals surface area (Å²) in [6.45, 7) is 0. The highest BCUT2D eigenvalue weighted by molar-refractivity contribution is 6.30. The Bertz CT molecular complexity index is 821. The summed E-state index contributed by atoms with van der Waals surface area (Å²) in [6, 6.07) is 10.3. The predicted molar refractivity (Wildman–Crippen MR) is 85.3 cm³/mol. The molecule has 4 nitrogen and oxygen atoms in total. The Balaban J connectivity index is 1.78. The van der Waals surface area contributed by atoms with Gasteiger partial charge < -0.3 is 5.11 Å². The number of aliphatic hydroxyl groups is 1. The minimum Gasteiger partial charge on any atom is -0.388 e. The van der Waals surface area contributed by atoms with Crippen LogP contribution in [0.1, 0.15) is 17.4 Å². The van der Waals surface area contributed by atoms with Crippen molar-refractivity contribution in [1.29, 1.82) is 0 Å². The summed E-state index contributed by atoms with van der Waals surface area (Å²) in [7, 11) is 0. The molecule has 3 rings (SSSR count). The molecule has 3 aromatic rings. The third-order valence-corrected chi connectivity index (χ3v) is 3.70. The highest BCUT2D eigenvalue weighted by Crippen LogP contribution is 2.23. The van der Waals surface area contributed by atoms with Gasteiger partial charge in [-0.05, 0) is 29.8 Å². The molecule has 7 heteroatoms. The van der Waals surface area contributed by atoms with Crippen molar-refractivity contribution in [3.8, 4) is 11.4 Å². The predicted octanol–water partition coefficient (Wildman–Crippen LogP) is 3.75. The van der Waals surface area contributed by atoms with Crippen LogP contribution in [0.4, 0.5) is 8.78 Å². The first-order valence-electron chi connectivity index (χ1n) is 7.11. The fraction of sp³-hybridized carbons (Fsp3) is 0.118. The molecule has 2 aromatic carbocycles. The number of aliphatic hydroxyl groups excluding tert-OH is 1. The van der Waals surface area contributed by atoms with Crippen LogP contribution in [-0.2, 0) is 6.42 Å². The molecule has 1 N–H and O–H groups in total. The molecule has 0 aliphatic rings. The van der Waals surface area contributed by atoms with Crippen molar-refractivity contribution >= 4 is 11.6 Å². The van der Waals surface area contributed by atoms with Gasteiger partial charge in [0, 0.05) is 11.4 Å². The number of nitrogens with zero attached hydrogens (tertiary/aromatic N) is 3. The third-order valence-electron chi connectivity index (χ3n) is 3.45. The van der Waals surface area contributed by atoms with Crippen LogP contribution in [0, 0.1) is 11.6 Å². The molecule has 24 heavy (non-hydrogen) atoms.